The van der Waals surface area contributed by atoms with Crippen molar-refractivity contribution >= 4 is 18.0 Å². The van der Waals surface area contributed by atoms with Crippen LogP contribution in [-0.4, -0.2) is 23.1 Å². The summed E-state index contributed by atoms with van der Waals surface area (Å²) in [5.41, 5.74) is 9.00. The molecule has 168 valence electrons. The minimum Gasteiger partial charge on any atom is -0.494 e. The number of carbonyl (C=O) groups excluding carboxylic acids is 2. The van der Waals surface area contributed by atoms with Gasteiger partial charge in [-0.2, -0.15) is 5.26 Å². The number of rotatable bonds is 8. The summed E-state index contributed by atoms with van der Waals surface area (Å²) in [6.07, 6.45) is 0.172. The van der Waals surface area contributed by atoms with E-state index in [0.29, 0.717) is 17.7 Å². The Balaban J connectivity index is 1.89. The van der Waals surface area contributed by atoms with Gasteiger partial charge in [0, 0.05) is 22.6 Å². The lowest BCUT2D eigenvalue weighted by atomic mass is 10.1. The highest BCUT2D eigenvalue weighted by molar-refractivity contribution is 5.99. The molecule has 1 aromatic heterocycles. The van der Waals surface area contributed by atoms with E-state index >= 15 is 0 Å². The normalized spacial score (nSPS) is 12.0. The number of amides is 1. The number of nitriles is 1. The van der Waals surface area contributed by atoms with Crippen molar-refractivity contribution in [3.8, 4) is 17.5 Å². The lowest BCUT2D eigenvalue weighted by Crippen LogP contribution is -2.26. The third kappa shape index (κ3) is 5.31. The first-order valence-corrected chi connectivity index (χ1v) is 10.4. The van der Waals surface area contributed by atoms with Gasteiger partial charge in [-0.1, -0.05) is 30.3 Å². The SMILES string of the molecule is CCOc1ccc(-n2c(C)cc(/C=C(\C#N)C(=O)OC(C(N)=O)c3ccccc3)c2C)cc1. The summed E-state index contributed by atoms with van der Waals surface area (Å²) in [7, 11) is 0. The first-order valence-electron chi connectivity index (χ1n) is 10.4. The number of primary amides is 1. The van der Waals surface area contributed by atoms with Crippen molar-refractivity contribution in [2.24, 2.45) is 5.73 Å². The molecule has 7 nitrogen and oxygen atoms in total. The zero-order valence-electron chi connectivity index (χ0n) is 18.7. The Morgan fingerprint density at radius 1 is 1.12 bits per heavy atom. The van der Waals surface area contributed by atoms with Crippen molar-refractivity contribution < 1.29 is 19.1 Å². The molecule has 1 unspecified atom stereocenters. The summed E-state index contributed by atoms with van der Waals surface area (Å²) >= 11 is 0. The topological polar surface area (TPSA) is 107 Å². The fraction of sp³-hybridized carbons (Fsp3) is 0.192. The predicted molar refractivity (Wildman–Crippen MR) is 124 cm³/mol. The van der Waals surface area contributed by atoms with Gasteiger partial charge in [0.1, 0.15) is 17.4 Å². The van der Waals surface area contributed by atoms with Crippen LogP contribution >= 0.6 is 0 Å². The smallest absolute Gasteiger partial charge is 0.350 e. The third-order valence-electron chi connectivity index (χ3n) is 5.10. The van der Waals surface area contributed by atoms with Gasteiger partial charge in [0.05, 0.1) is 6.61 Å². The number of carbonyl (C=O) groups is 2. The molecule has 1 heterocycles. The van der Waals surface area contributed by atoms with Gasteiger partial charge in [0.25, 0.3) is 5.91 Å². The van der Waals surface area contributed by atoms with E-state index in [2.05, 4.69) is 0 Å². The van der Waals surface area contributed by atoms with Crippen LogP contribution in [0.2, 0.25) is 0 Å². The Morgan fingerprint density at radius 2 is 1.79 bits per heavy atom. The molecule has 2 aromatic carbocycles. The van der Waals surface area contributed by atoms with Gasteiger partial charge in [-0.25, -0.2) is 4.79 Å². The second-order valence-corrected chi connectivity index (χ2v) is 7.36. The van der Waals surface area contributed by atoms with Crippen LogP contribution in [0.5, 0.6) is 5.75 Å². The van der Waals surface area contributed by atoms with Crippen molar-refractivity contribution in [1.29, 1.82) is 5.26 Å². The molecule has 0 radical (unpaired) electrons. The molecule has 0 aliphatic heterocycles. The Bertz CT molecular complexity index is 1220. The Morgan fingerprint density at radius 3 is 2.36 bits per heavy atom. The largest absolute Gasteiger partial charge is 0.494 e. The molecule has 0 bridgehead atoms. The number of ether oxygens (including phenoxy) is 2. The van der Waals surface area contributed by atoms with E-state index in [-0.39, 0.29) is 5.57 Å². The highest BCUT2D eigenvalue weighted by Crippen LogP contribution is 2.25. The molecule has 0 saturated carbocycles. The second kappa shape index (κ2) is 10.3. The zero-order valence-corrected chi connectivity index (χ0v) is 18.7. The molecule has 7 heteroatoms. The van der Waals surface area contributed by atoms with E-state index in [1.165, 1.54) is 6.08 Å². The quantitative estimate of drug-likeness (QED) is 0.319. The number of aryl methyl sites for hydroxylation is 1. The van der Waals surface area contributed by atoms with Crippen LogP contribution in [0.4, 0.5) is 0 Å². The first kappa shape index (κ1) is 23.4. The number of nitrogens with zero attached hydrogens (tertiary/aromatic N) is 2. The van der Waals surface area contributed by atoms with Crippen LogP contribution in [0, 0.1) is 25.2 Å². The molecule has 0 aliphatic carbocycles. The molecule has 3 rings (SSSR count). The van der Waals surface area contributed by atoms with Crippen molar-refractivity contribution in [3.63, 3.8) is 0 Å². The molecule has 33 heavy (non-hydrogen) atoms. The predicted octanol–water partition coefficient (Wildman–Crippen LogP) is 4.17. The molecule has 1 amide bonds. The molecular weight excluding hydrogens is 418 g/mol. The molecular formula is C26H25N3O4. The van der Waals surface area contributed by atoms with Crippen molar-refractivity contribution in [3.05, 3.63) is 88.8 Å². The van der Waals surface area contributed by atoms with E-state index in [0.717, 1.165) is 22.8 Å². The highest BCUT2D eigenvalue weighted by atomic mass is 16.5. The van der Waals surface area contributed by atoms with Crippen LogP contribution < -0.4 is 10.5 Å². The van der Waals surface area contributed by atoms with Crippen molar-refractivity contribution in [2.75, 3.05) is 6.61 Å². The standard InChI is InChI=1S/C26H25N3O4/c1-4-32-23-12-10-22(11-13-23)29-17(2)14-20(18(29)3)15-21(16-27)26(31)33-24(25(28)30)19-8-6-5-7-9-19/h5-15,24H,4H2,1-3H3,(H2,28,30)/b21-15+. The molecule has 3 aromatic rings. The number of aromatic nitrogens is 1. The van der Waals surface area contributed by atoms with Gasteiger partial charge < -0.3 is 19.8 Å². The fourth-order valence-electron chi connectivity index (χ4n) is 3.57. The van der Waals surface area contributed by atoms with Gasteiger partial charge in [-0.15, -0.1) is 0 Å². The molecule has 0 aliphatic rings. The highest BCUT2D eigenvalue weighted by Gasteiger charge is 2.25. The number of hydrogen-bond donors (Lipinski definition) is 1. The molecule has 0 saturated heterocycles. The van der Waals surface area contributed by atoms with Gasteiger partial charge in [-0.05, 0) is 62.7 Å². The Hall–Kier alpha value is -4.31. The maximum atomic E-state index is 12.7. The molecule has 0 spiro atoms. The van der Waals surface area contributed by atoms with Crippen molar-refractivity contribution in [2.45, 2.75) is 26.9 Å². The summed E-state index contributed by atoms with van der Waals surface area (Å²) in [5, 5.41) is 9.59. The average Bonchev–Trinajstić information content (AvgIpc) is 3.09. The minimum absolute atomic E-state index is 0.232. The zero-order chi connectivity index (χ0) is 24.0. The third-order valence-corrected chi connectivity index (χ3v) is 5.10. The number of nitrogens with two attached hydrogens (primary N) is 1. The van der Waals surface area contributed by atoms with Gasteiger partial charge in [0.2, 0.25) is 6.10 Å². The molecule has 0 fully saturated rings. The lowest BCUT2D eigenvalue weighted by Gasteiger charge is -2.14. The summed E-state index contributed by atoms with van der Waals surface area (Å²) in [6, 6.07) is 19.8. The Labute approximate surface area is 192 Å². The first-order chi connectivity index (χ1) is 15.8. The maximum Gasteiger partial charge on any atom is 0.350 e. The van der Waals surface area contributed by atoms with E-state index in [1.54, 1.807) is 30.3 Å². The van der Waals surface area contributed by atoms with Gasteiger partial charge in [-0.3, -0.25) is 4.79 Å². The van der Waals surface area contributed by atoms with Crippen LogP contribution in [0.25, 0.3) is 11.8 Å². The number of esters is 1. The minimum atomic E-state index is -1.29. The van der Waals surface area contributed by atoms with E-state index in [4.69, 9.17) is 15.2 Å². The summed E-state index contributed by atoms with van der Waals surface area (Å²) in [5.74, 6) is -0.961. The van der Waals surface area contributed by atoms with Crippen LogP contribution in [0.3, 0.4) is 0 Å². The van der Waals surface area contributed by atoms with Crippen LogP contribution in [-0.2, 0) is 14.3 Å². The summed E-state index contributed by atoms with van der Waals surface area (Å²) in [4.78, 5) is 24.6. The summed E-state index contributed by atoms with van der Waals surface area (Å²) in [6.45, 7) is 6.34. The van der Waals surface area contributed by atoms with E-state index in [1.807, 2.05) is 61.7 Å². The number of benzene rings is 2. The monoisotopic (exact) mass is 443 g/mol. The van der Waals surface area contributed by atoms with Gasteiger partial charge in [0.15, 0.2) is 0 Å². The van der Waals surface area contributed by atoms with Crippen LogP contribution in [0.15, 0.2) is 66.2 Å². The van der Waals surface area contributed by atoms with Crippen molar-refractivity contribution in [1.82, 2.24) is 4.57 Å². The van der Waals surface area contributed by atoms with E-state index < -0.39 is 18.0 Å². The molecule has 2 N–H and O–H groups in total. The summed E-state index contributed by atoms with van der Waals surface area (Å²) < 4.78 is 12.8. The Kier molecular flexibility index (Phi) is 7.31. The average molecular weight is 444 g/mol. The lowest BCUT2D eigenvalue weighted by molar-refractivity contribution is -0.151. The maximum absolute atomic E-state index is 12.7. The fourth-order valence-corrected chi connectivity index (χ4v) is 3.57. The number of hydrogen-bond acceptors (Lipinski definition) is 5. The van der Waals surface area contributed by atoms with Gasteiger partial charge >= 0.3 is 5.97 Å². The second-order valence-electron chi connectivity index (χ2n) is 7.36. The van der Waals surface area contributed by atoms with E-state index in [9.17, 15) is 14.9 Å². The molecule has 1 atom stereocenters. The van der Waals surface area contributed by atoms with Crippen LogP contribution in [0.1, 0.15) is 35.5 Å².